The molecule has 0 amide bonds. The molecule has 2 N–H and O–H groups in total. The van der Waals surface area contributed by atoms with Gasteiger partial charge in [0.15, 0.2) is 0 Å². The van der Waals surface area contributed by atoms with Gasteiger partial charge >= 0.3 is 0 Å². The maximum atomic E-state index is 5.94. The van der Waals surface area contributed by atoms with E-state index in [0.29, 0.717) is 6.61 Å². The zero-order valence-corrected chi connectivity index (χ0v) is 14.6. The fourth-order valence-electron chi connectivity index (χ4n) is 2.11. The number of aryl methyl sites for hydroxylation is 1. The van der Waals surface area contributed by atoms with Gasteiger partial charge in [-0.3, -0.25) is 0 Å². The summed E-state index contributed by atoms with van der Waals surface area (Å²) >= 11 is 3.52. The number of hydrogen-bond donors (Lipinski definition) is 1. The third kappa shape index (κ3) is 4.01. The standard InChI is InChI=1S/C18H22BrNO/c1-12-9-14(18(2,3)4)6-8-17(12)21-11-13-5-7-15(20)10-16(13)19/h5-10H,11,20H2,1-4H3. The Balaban J connectivity index is 2.13. The number of halogens is 1. The summed E-state index contributed by atoms with van der Waals surface area (Å²) in [5.74, 6) is 0.923. The Labute approximate surface area is 135 Å². The van der Waals surface area contributed by atoms with E-state index in [-0.39, 0.29) is 5.41 Å². The molecule has 0 heterocycles. The molecule has 2 aromatic rings. The number of anilines is 1. The normalized spacial score (nSPS) is 11.5. The van der Waals surface area contributed by atoms with Gasteiger partial charge in [-0.2, -0.15) is 0 Å². The van der Waals surface area contributed by atoms with E-state index in [0.717, 1.165) is 27.0 Å². The van der Waals surface area contributed by atoms with Crippen LogP contribution in [0, 0.1) is 6.92 Å². The molecule has 0 radical (unpaired) electrons. The Kier molecular flexibility index (Phi) is 4.62. The highest BCUT2D eigenvalue weighted by molar-refractivity contribution is 9.10. The maximum absolute atomic E-state index is 5.94. The van der Waals surface area contributed by atoms with Crippen LogP contribution in [0.5, 0.6) is 5.75 Å². The first-order chi connectivity index (χ1) is 9.77. The molecule has 0 saturated carbocycles. The molecule has 0 bridgehead atoms. The van der Waals surface area contributed by atoms with Crippen molar-refractivity contribution in [3.8, 4) is 5.75 Å². The molecule has 3 heteroatoms. The van der Waals surface area contributed by atoms with Crippen LogP contribution in [0.3, 0.4) is 0 Å². The molecular formula is C18H22BrNO. The molecule has 0 aliphatic rings. The van der Waals surface area contributed by atoms with E-state index in [2.05, 4.69) is 61.8 Å². The lowest BCUT2D eigenvalue weighted by atomic mass is 9.86. The molecule has 0 aliphatic carbocycles. The Morgan fingerprint density at radius 1 is 1.10 bits per heavy atom. The Bertz CT molecular complexity index is 644. The molecule has 0 atom stereocenters. The number of hydrogen-bond acceptors (Lipinski definition) is 2. The number of benzene rings is 2. The van der Waals surface area contributed by atoms with Gasteiger partial charge in [0.25, 0.3) is 0 Å². The third-order valence-corrected chi connectivity index (χ3v) is 4.24. The topological polar surface area (TPSA) is 35.2 Å². The predicted octanol–water partition coefficient (Wildman–Crippen LogP) is 5.22. The second-order valence-corrected chi connectivity index (χ2v) is 7.22. The fourth-order valence-corrected chi connectivity index (χ4v) is 2.62. The SMILES string of the molecule is Cc1cc(C(C)(C)C)ccc1OCc1ccc(N)cc1Br. The van der Waals surface area contributed by atoms with Gasteiger partial charge in [-0.05, 0) is 41.7 Å². The van der Waals surface area contributed by atoms with Gasteiger partial charge in [-0.1, -0.05) is 54.9 Å². The van der Waals surface area contributed by atoms with Crippen molar-refractivity contribution in [3.05, 3.63) is 57.6 Å². The Morgan fingerprint density at radius 2 is 1.81 bits per heavy atom. The Hall–Kier alpha value is -1.48. The lowest BCUT2D eigenvalue weighted by Crippen LogP contribution is -2.11. The predicted molar refractivity (Wildman–Crippen MR) is 92.8 cm³/mol. The van der Waals surface area contributed by atoms with Gasteiger partial charge in [0.1, 0.15) is 12.4 Å². The highest BCUT2D eigenvalue weighted by Gasteiger charge is 2.14. The van der Waals surface area contributed by atoms with Gasteiger partial charge in [0, 0.05) is 15.7 Å². The van der Waals surface area contributed by atoms with E-state index in [9.17, 15) is 0 Å². The molecule has 0 spiro atoms. The van der Waals surface area contributed by atoms with Crippen LogP contribution in [-0.4, -0.2) is 0 Å². The van der Waals surface area contributed by atoms with E-state index >= 15 is 0 Å². The van der Waals surface area contributed by atoms with Crippen LogP contribution in [0.25, 0.3) is 0 Å². The van der Waals surface area contributed by atoms with Gasteiger partial charge < -0.3 is 10.5 Å². The maximum Gasteiger partial charge on any atom is 0.122 e. The first kappa shape index (κ1) is 15.9. The first-order valence-electron chi connectivity index (χ1n) is 7.05. The number of nitrogens with two attached hydrogens (primary N) is 1. The second-order valence-electron chi connectivity index (χ2n) is 6.37. The van der Waals surface area contributed by atoms with E-state index in [1.165, 1.54) is 5.56 Å². The summed E-state index contributed by atoms with van der Waals surface area (Å²) in [7, 11) is 0. The molecule has 2 aromatic carbocycles. The van der Waals surface area contributed by atoms with Crippen molar-refractivity contribution in [1.82, 2.24) is 0 Å². The highest BCUT2D eigenvalue weighted by atomic mass is 79.9. The monoisotopic (exact) mass is 347 g/mol. The average molecular weight is 348 g/mol. The second kappa shape index (κ2) is 6.10. The lowest BCUT2D eigenvalue weighted by molar-refractivity contribution is 0.303. The van der Waals surface area contributed by atoms with Crippen molar-refractivity contribution in [1.29, 1.82) is 0 Å². The summed E-state index contributed by atoms with van der Waals surface area (Å²) in [6.07, 6.45) is 0. The number of rotatable bonds is 3. The summed E-state index contributed by atoms with van der Waals surface area (Å²) in [5, 5.41) is 0. The molecule has 2 rings (SSSR count). The zero-order chi connectivity index (χ0) is 15.6. The van der Waals surface area contributed by atoms with Gasteiger partial charge in [-0.25, -0.2) is 0 Å². The minimum atomic E-state index is 0.156. The van der Waals surface area contributed by atoms with E-state index in [4.69, 9.17) is 10.5 Å². The van der Waals surface area contributed by atoms with E-state index in [1.807, 2.05) is 18.2 Å². The summed E-state index contributed by atoms with van der Waals surface area (Å²) < 4.78 is 6.92. The van der Waals surface area contributed by atoms with Crippen LogP contribution in [0.2, 0.25) is 0 Å². The van der Waals surface area contributed by atoms with Crippen LogP contribution >= 0.6 is 15.9 Å². The lowest BCUT2D eigenvalue weighted by Gasteiger charge is -2.20. The van der Waals surface area contributed by atoms with E-state index < -0.39 is 0 Å². The molecule has 0 fully saturated rings. The van der Waals surface area contributed by atoms with Crippen LogP contribution < -0.4 is 10.5 Å². The van der Waals surface area contributed by atoms with Crippen molar-refractivity contribution >= 4 is 21.6 Å². The van der Waals surface area contributed by atoms with Crippen LogP contribution in [0.15, 0.2) is 40.9 Å². The van der Waals surface area contributed by atoms with Gasteiger partial charge in [0.05, 0.1) is 0 Å². The molecule has 2 nitrogen and oxygen atoms in total. The van der Waals surface area contributed by atoms with Gasteiger partial charge in [-0.15, -0.1) is 0 Å². The molecule has 0 aliphatic heterocycles. The van der Waals surface area contributed by atoms with Crippen molar-refractivity contribution in [2.75, 3.05) is 5.73 Å². The summed E-state index contributed by atoms with van der Waals surface area (Å²) in [4.78, 5) is 0. The van der Waals surface area contributed by atoms with Crippen molar-refractivity contribution in [2.24, 2.45) is 0 Å². The van der Waals surface area contributed by atoms with Crippen LogP contribution in [0.1, 0.15) is 37.5 Å². The number of nitrogen functional groups attached to an aromatic ring is 1. The smallest absolute Gasteiger partial charge is 0.122 e. The largest absolute Gasteiger partial charge is 0.489 e. The molecule has 21 heavy (non-hydrogen) atoms. The first-order valence-corrected chi connectivity index (χ1v) is 7.84. The quantitative estimate of drug-likeness (QED) is 0.772. The number of ether oxygens (including phenoxy) is 1. The zero-order valence-electron chi connectivity index (χ0n) is 13.0. The minimum Gasteiger partial charge on any atom is -0.489 e. The molecule has 112 valence electrons. The highest BCUT2D eigenvalue weighted by Crippen LogP contribution is 2.28. The molecule has 0 aromatic heterocycles. The average Bonchev–Trinajstić information content (AvgIpc) is 2.38. The van der Waals surface area contributed by atoms with Crippen molar-refractivity contribution in [2.45, 2.75) is 39.7 Å². The molecule has 0 unspecified atom stereocenters. The summed E-state index contributed by atoms with van der Waals surface area (Å²) in [6, 6.07) is 12.2. The third-order valence-electron chi connectivity index (χ3n) is 3.50. The fraction of sp³-hybridized carbons (Fsp3) is 0.333. The van der Waals surface area contributed by atoms with Gasteiger partial charge in [0.2, 0.25) is 0 Å². The van der Waals surface area contributed by atoms with Crippen LogP contribution in [-0.2, 0) is 12.0 Å². The molecular weight excluding hydrogens is 326 g/mol. The minimum absolute atomic E-state index is 0.156. The van der Waals surface area contributed by atoms with Crippen LogP contribution in [0.4, 0.5) is 5.69 Å². The Morgan fingerprint density at radius 3 is 2.38 bits per heavy atom. The summed E-state index contributed by atoms with van der Waals surface area (Å²) in [6.45, 7) is 9.26. The summed E-state index contributed by atoms with van der Waals surface area (Å²) in [5.41, 5.74) is 10.2. The van der Waals surface area contributed by atoms with Crippen molar-refractivity contribution < 1.29 is 4.74 Å². The van der Waals surface area contributed by atoms with E-state index in [1.54, 1.807) is 0 Å². The van der Waals surface area contributed by atoms with Crippen molar-refractivity contribution in [3.63, 3.8) is 0 Å². The molecule has 0 saturated heterocycles.